The highest BCUT2D eigenvalue weighted by atomic mass is 31.2. The summed E-state index contributed by atoms with van der Waals surface area (Å²) in [5.41, 5.74) is 0. The zero-order chi connectivity index (χ0) is 57.2. The number of esters is 1. The van der Waals surface area contributed by atoms with Crippen molar-refractivity contribution in [2.24, 2.45) is 0 Å². The SMILES string of the molecule is CC/C=C/C/C=C/C/C=C/CCCCCCCCC(=O)NC(COP(=O)([O-])OCC[N+](C)(C)C)C(/C=C\CCCCCCCCCCCCC)OC(=O)CCCCCCCCCCCC/C=C\C/C=C\C/C=C\CCCCC. The third kappa shape index (κ3) is 57.9. The summed E-state index contributed by atoms with van der Waals surface area (Å²) < 4.78 is 30.4. The molecule has 0 aromatic rings. The van der Waals surface area contributed by atoms with Gasteiger partial charge in [-0.1, -0.05) is 254 Å². The number of likely N-dealkylation sites (N-methyl/N-ethyl adjacent to an activating group) is 1. The van der Waals surface area contributed by atoms with Gasteiger partial charge in [-0.3, -0.25) is 14.2 Å². The van der Waals surface area contributed by atoms with E-state index in [9.17, 15) is 19.0 Å². The molecule has 0 bridgehead atoms. The van der Waals surface area contributed by atoms with Crippen LogP contribution < -0.4 is 10.2 Å². The van der Waals surface area contributed by atoms with Crippen LogP contribution in [0.1, 0.15) is 284 Å². The molecule has 0 saturated heterocycles. The first-order chi connectivity index (χ1) is 37.9. The molecule has 452 valence electrons. The molecule has 0 aliphatic rings. The Labute approximate surface area is 482 Å². The first-order valence-corrected chi connectivity index (χ1v) is 33.9. The number of allylic oxidation sites excluding steroid dienone is 13. The first kappa shape index (κ1) is 75.2. The van der Waals surface area contributed by atoms with Gasteiger partial charge < -0.3 is 28.5 Å². The fourth-order valence-corrected chi connectivity index (χ4v) is 9.80. The zero-order valence-corrected chi connectivity index (χ0v) is 52.5. The van der Waals surface area contributed by atoms with Gasteiger partial charge in [0.25, 0.3) is 7.82 Å². The first-order valence-electron chi connectivity index (χ1n) is 32.4. The summed E-state index contributed by atoms with van der Waals surface area (Å²) in [6.45, 7) is 6.70. The van der Waals surface area contributed by atoms with Gasteiger partial charge in [0, 0.05) is 12.8 Å². The van der Waals surface area contributed by atoms with Crippen LogP contribution >= 0.6 is 7.82 Å². The third-order valence-corrected chi connectivity index (χ3v) is 15.0. The molecule has 0 rings (SSSR count). The van der Waals surface area contributed by atoms with Crippen molar-refractivity contribution in [1.29, 1.82) is 0 Å². The van der Waals surface area contributed by atoms with Crippen LogP contribution in [0.5, 0.6) is 0 Å². The number of phosphoric acid groups is 1. The van der Waals surface area contributed by atoms with E-state index in [4.69, 9.17) is 13.8 Å². The van der Waals surface area contributed by atoms with Crippen LogP contribution in [0.25, 0.3) is 0 Å². The van der Waals surface area contributed by atoms with Crippen molar-refractivity contribution in [2.75, 3.05) is 40.9 Å². The summed E-state index contributed by atoms with van der Waals surface area (Å²) in [6, 6.07) is -0.901. The molecular weight excluding hydrogens is 988 g/mol. The molecule has 0 aliphatic carbocycles. The number of nitrogens with one attached hydrogen (secondary N) is 1. The van der Waals surface area contributed by atoms with E-state index >= 15 is 0 Å². The molecule has 78 heavy (non-hydrogen) atoms. The molecule has 0 fully saturated rings. The van der Waals surface area contributed by atoms with Crippen LogP contribution in [0.3, 0.4) is 0 Å². The highest BCUT2D eigenvalue weighted by Gasteiger charge is 2.27. The van der Waals surface area contributed by atoms with Gasteiger partial charge in [0.2, 0.25) is 5.91 Å². The third-order valence-electron chi connectivity index (χ3n) is 14.1. The van der Waals surface area contributed by atoms with E-state index in [2.05, 4.69) is 99.0 Å². The number of hydrogen-bond donors (Lipinski definition) is 1. The minimum atomic E-state index is -4.71. The van der Waals surface area contributed by atoms with E-state index in [-0.39, 0.29) is 24.9 Å². The van der Waals surface area contributed by atoms with Gasteiger partial charge >= 0.3 is 5.97 Å². The molecule has 0 saturated carbocycles. The molecule has 3 atom stereocenters. The summed E-state index contributed by atoms with van der Waals surface area (Å²) in [7, 11) is 1.17. The van der Waals surface area contributed by atoms with Gasteiger partial charge in [-0.25, -0.2) is 0 Å². The van der Waals surface area contributed by atoms with Gasteiger partial charge in [0.15, 0.2) is 0 Å². The molecule has 1 N–H and O–H groups in total. The van der Waals surface area contributed by atoms with Gasteiger partial charge in [-0.2, -0.15) is 0 Å². The number of unbranched alkanes of at least 4 members (excludes halogenated alkanes) is 30. The molecule has 1 amide bonds. The minimum absolute atomic E-state index is 0.0287. The Morgan fingerprint density at radius 2 is 0.821 bits per heavy atom. The smallest absolute Gasteiger partial charge is 0.306 e. The summed E-state index contributed by atoms with van der Waals surface area (Å²) in [5.74, 6) is -0.558. The minimum Gasteiger partial charge on any atom is -0.756 e. The maximum absolute atomic E-state index is 13.5. The second kappa shape index (κ2) is 57.4. The average molecular weight is 1110 g/mol. The number of amides is 1. The topological polar surface area (TPSA) is 114 Å². The molecule has 0 aromatic carbocycles. The maximum Gasteiger partial charge on any atom is 0.306 e. The second-order valence-corrected chi connectivity index (χ2v) is 24.3. The lowest BCUT2D eigenvalue weighted by Crippen LogP contribution is -2.47. The fourth-order valence-electron chi connectivity index (χ4n) is 9.07. The van der Waals surface area contributed by atoms with Crippen LogP contribution in [0.4, 0.5) is 0 Å². The van der Waals surface area contributed by atoms with Gasteiger partial charge in [0.1, 0.15) is 19.3 Å². The predicted molar refractivity (Wildman–Crippen MR) is 335 cm³/mol. The van der Waals surface area contributed by atoms with Crippen molar-refractivity contribution in [1.82, 2.24) is 5.32 Å². The van der Waals surface area contributed by atoms with Crippen LogP contribution in [0.2, 0.25) is 0 Å². The zero-order valence-electron chi connectivity index (χ0n) is 51.6. The molecule has 3 unspecified atom stereocenters. The number of rotatable bonds is 58. The van der Waals surface area contributed by atoms with E-state index in [1.807, 2.05) is 33.3 Å². The molecule has 0 aromatic heterocycles. The summed E-state index contributed by atoms with van der Waals surface area (Å²) in [4.78, 5) is 40.1. The van der Waals surface area contributed by atoms with Gasteiger partial charge in [-0.05, 0) is 102 Å². The highest BCUT2D eigenvalue weighted by Crippen LogP contribution is 2.38. The van der Waals surface area contributed by atoms with Crippen molar-refractivity contribution in [3.63, 3.8) is 0 Å². The molecule has 0 spiro atoms. The normalized spacial score (nSPS) is 14.2. The molecule has 0 aliphatic heterocycles. The van der Waals surface area contributed by atoms with Crippen molar-refractivity contribution in [3.8, 4) is 0 Å². The number of carbonyl (C=O) groups excluding carboxylic acids is 2. The van der Waals surface area contributed by atoms with Crippen LogP contribution in [-0.2, 0) is 27.9 Å². The Kier molecular flexibility index (Phi) is 55.4. The molecule has 0 heterocycles. The molecule has 9 nitrogen and oxygen atoms in total. The maximum atomic E-state index is 13.5. The van der Waals surface area contributed by atoms with Crippen LogP contribution in [0.15, 0.2) is 85.1 Å². The quantitative estimate of drug-likeness (QED) is 0.0212. The second-order valence-electron chi connectivity index (χ2n) is 22.9. The molecule has 10 heteroatoms. The van der Waals surface area contributed by atoms with E-state index in [0.717, 1.165) is 128 Å². The Morgan fingerprint density at radius 1 is 0.462 bits per heavy atom. The number of carbonyl (C=O) groups is 2. The Morgan fingerprint density at radius 3 is 1.26 bits per heavy atom. The summed E-state index contributed by atoms with van der Waals surface area (Å²) >= 11 is 0. The number of ether oxygens (including phenoxy) is 1. The lowest BCUT2D eigenvalue weighted by atomic mass is 10.0. The summed E-state index contributed by atoms with van der Waals surface area (Å²) in [5, 5.41) is 3.02. The van der Waals surface area contributed by atoms with Crippen LogP contribution in [-0.4, -0.2) is 69.4 Å². The number of nitrogens with zero attached hydrogens (tertiary/aromatic N) is 1. The summed E-state index contributed by atoms with van der Waals surface area (Å²) in [6.07, 6.45) is 75.5. The Hall–Kier alpha value is -2.81. The largest absolute Gasteiger partial charge is 0.756 e. The van der Waals surface area contributed by atoms with Crippen molar-refractivity contribution >= 4 is 19.7 Å². The van der Waals surface area contributed by atoms with E-state index in [1.54, 1.807) is 0 Å². The molecule has 0 radical (unpaired) electrons. The Bertz CT molecular complexity index is 1610. The Balaban J connectivity index is 5.22. The average Bonchev–Trinajstić information content (AvgIpc) is 3.40. The number of quaternary nitrogens is 1. The fraction of sp³-hybridized carbons (Fsp3) is 0.765. The monoisotopic (exact) mass is 1110 g/mol. The van der Waals surface area contributed by atoms with Gasteiger partial charge in [-0.15, -0.1) is 0 Å². The highest BCUT2D eigenvalue weighted by molar-refractivity contribution is 7.45. The van der Waals surface area contributed by atoms with E-state index in [1.165, 1.54) is 122 Å². The van der Waals surface area contributed by atoms with Gasteiger partial charge in [0.05, 0.1) is 33.8 Å². The standard InChI is InChI=1S/C68H123N2O7P/c1-7-10-13-16-19-22-25-28-30-32-33-34-35-36-37-38-40-43-46-49-52-55-58-61-68(72)77-66(59-56-53-50-47-44-41-27-24-21-18-15-12-9-3)65(64-76-78(73,74)75-63-62-70(4,5)6)69-67(71)60-57-54-51-48-45-42-39-31-29-26-23-20-17-14-11-8-2/h11,14,19-20,22-23,28-31,33-34,56,59,65-66H,7-10,12-13,15-18,21,24-27,32,35-55,57-58,60-64H2,1-6H3,(H-,69,71,73,74)/b14-11+,22-19-,23-20+,30-28-,31-29+,34-33-,59-56-. The van der Waals surface area contributed by atoms with E-state index in [0.29, 0.717) is 17.4 Å². The van der Waals surface area contributed by atoms with Crippen molar-refractivity contribution in [2.45, 2.75) is 296 Å². The van der Waals surface area contributed by atoms with Crippen LogP contribution in [0, 0.1) is 0 Å². The van der Waals surface area contributed by atoms with Crippen molar-refractivity contribution < 1.29 is 37.3 Å². The lowest BCUT2D eigenvalue weighted by molar-refractivity contribution is -0.870. The lowest BCUT2D eigenvalue weighted by Gasteiger charge is -2.30. The predicted octanol–water partition coefficient (Wildman–Crippen LogP) is 19.5. The number of phosphoric ester groups is 1. The molecular formula is C68H123N2O7P. The van der Waals surface area contributed by atoms with E-state index < -0.39 is 26.6 Å². The van der Waals surface area contributed by atoms with Crippen molar-refractivity contribution in [3.05, 3.63) is 85.1 Å². The number of hydrogen-bond acceptors (Lipinski definition) is 7.